The van der Waals surface area contributed by atoms with E-state index >= 15 is 0 Å². The molecule has 1 fully saturated rings. The number of aliphatic hydroxyl groups is 1. The number of hydrogen-bond acceptors (Lipinski definition) is 2. The highest BCUT2D eigenvalue weighted by Gasteiger charge is 2.34. The summed E-state index contributed by atoms with van der Waals surface area (Å²) >= 11 is 0. The van der Waals surface area contributed by atoms with Crippen molar-refractivity contribution in [3.63, 3.8) is 0 Å². The number of urea groups is 1. The molecule has 0 unspecified atom stereocenters. The number of carbonyl (C=O) groups excluding carboxylic acids is 1. The van der Waals surface area contributed by atoms with Gasteiger partial charge in [0.2, 0.25) is 0 Å². The summed E-state index contributed by atoms with van der Waals surface area (Å²) in [6, 6.07) is 7.48. The van der Waals surface area contributed by atoms with Crippen LogP contribution in [0.5, 0.6) is 0 Å². The summed E-state index contributed by atoms with van der Waals surface area (Å²) in [5.41, 5.74) is 1.26. The molecule has 0 spiro atoms. The zero-order valence-corrected chi connectivity index (χ0v) is 10.7. The molecule has 18 heavy (non-hydrogen) atoms. The number of carbonyl (C=O) groups is 1. The fourth-order valence-corrected chi connectivity index (χ4v) is 2.12. The average molecular weight is 248 g/mol. The standard InChI is InChI=1S/C14H20N2O2/c1-2-11-6-3-4-7-12(11)16-13(17)15-10-14(18)8-5-9-14/h3-4,6-7,18H,2,5,8-10H2,1H3,(H2,15,16,17). The lowest BCUT2D eigenvalue weighted by Gasteiger charge is -2.36. The molecule has 0 aromatic heterocycles. The molecule has 98 valence electrons. The predicted octanol–water partition coefficient (Wildman–Crippen LogP) is 2.29. The van der Waals surface area contributed by atoms with Crippen LogP contribution in [0.2, 0.25) is 0 Å². The van der Waals surface area contributed by atoms with Gasteiger partial charge in [-0.2, -0.15) is 0 Å². The second kappa shape index (κ2) is 5.40. The quantitative estimate of drug-likeness (QED) is 0.765. The number of hydrogen-bond donors (Lipinski definition) is 3. The third kappa shape index (κ3) is 3.01. The van der Waals surface area contributed by atoms with E-state index < -0.39 is 5.60 Å². The molecule has 2 rings (SSSR count). The van der Waals surface area contributed by atoms with Crippen molar-refractivity contribution in [3.8, 4) is 0 Å². The van der Waals surface area contributed by atoms with E-state index in [0.717, 1.165) is 36.9 Å². The highest BCUT2D eigenvalue weighted by Crippen LogP contribution is 2.30. The first-order valence-electron chi connectivity index (χ1n) is 6.48. The van der Waals surface area contributed by atoms with Gasteiger partial charge < -0.3 is 15.7 Å². The molecule has 4 heteroatoms. The summed E-state index contributed by atoms with van der Waals surface area (Å²) in [4.78, 5) is 11.7. The van der Waals surface area contributed by atoms with Gasteiger partial charge >= 0.3 is 6.03 Å². The number of benzene rings is 1. The lowest BCUT2D eigenvalue weighted by atomic mass is 9.80. The normalized spacial score (nSPS) is 16.8. The smallest absolute Gasteiger partial charge is 0.319 e. The van der Waals surface area contributed by atoms with E-state index in [2.05, 4.69) is 17.6 Å². The minimum Gasteiger partial charge on any atom is -0.388 e. The SMILES string of the molecule is CCc1ccccc1NC(=O)NCC1(O)CCC1. The number of rotatable bonds is 4. The molecule has 0 heterocycles. The molecule has 0 aliphatic heterocycles. The Labute approximate surface area is 107 Å². The molecule has 0 radical (unpaired) electrons. The molecule has 1 aromatic carbocycles. The Morgan fingerprint density at radius 2 is 2.11 bits per heavy atom. The van der Waals surface area contributed by atoms with Crippen LogP contribution >= 0.6 is 0 Å². The third-order valence-corrected chi connectivity index (χ3v) is 3.51. The van der Waals surface area contributed by atoms with Crippen molar-refractivity contribution in [2.45, 2.75) is 38.2 Å². The zero-order chi connectivity index (χ0) is 13.0. The van der Waals surface area contributed by atoms with Gasteiger partial charge in [0.1, 0.15) is 0 Å². The van der Waals surface area contributed by atoms with E-state index in [0.29, 0.717) is 6.54 Å². The first-order valence-corrected chi connectivity index (χ1v) is 6.48. The van der Waals surface area contributed by atoms with Gasteiger partial charge in [0.25, 0.3) is 0 Å². The molecule has 1 aliphatic carbocycles. The topological polar surface area (TPSA) is 61.4 Å². The van der Waals surface area contributed by atoms with Crippen LogP contribution < -0.4 is 10.6 Å². The second-order valence-corrected chi connectivity index (χ2v) is 4.90. The van der Waals surface area contributed by atoms with Gasteiger partial charge in [-0.3, -0.25) is 0 Å². The average Bonchev–Trinajstić information content (AvgIpc) is 2.35. The van der Waals surface area contributed by atoms with Crippen molar-refractivity contribution in [1.29, 1.82) is 0 Å². The van der Waals surface area contributed by atoms with Gasteiger partial charge in [0.05, 0.1) is 5.60 Å². The molecule has 2 amide bonds. The lowest BCUT2D eigenvalue weighted by molar-refractivity contribution is -0.0287. The summed E-state index contributed by atoms with van der Waals surface area (Å²) < 4.78 is 0. The lowest BCUT2D eigenvalue weighted by Crippen LogP contribution is -2.48. The monoisotopic (exact) mass is 248 g/mol. The molecule has 3 N–H and O–H groups in total. The molecule has 1 saturated carbocycles. The van der Waals surface area contributed by atoms with E-state index in [1.165, 1.54) is 0 Å². The molecular formula is C14H20N2O2. The fraction of sp³-hybridized carbons (Fsp3) is 0.500. The molecule has 0 atom stereocenters. The molecule has 1 aromatic rings. The number of nitrogens with one attached hydrogen (secondary N) is 2. The maximum absolute atomic E-state index is 11.7. The summed E-state index contributed by atoms with van der Waals surface area (Å²) in [6.45, 7) is 2.38. The molecular weight excluding hydrogens is 228 g/mol. The first-order chi connectivity index (χ1) is 8.63. The largest absolute Gasteiger partial charge is 0.388 e. The van der Waals surface area contributed by atoms with E-state index in [-0.39, 0.29) is 6.03 Å². The number of amides is 2. The van der Waals surface area contributed by atoms with E-state index in [1.807, 2.05) is 24.3 Å². The third-order valence-electron chi connectivity index (χ3n) is 3.51. The van der Waals surface area contributed by atoms with Crippen molar-refractivity contribution in [1.82, 2.24) is 5.32 Å². The van der Waals surface area contributed by atoms with Crippen LogP contribution in [0.15, 0.2) is 24.3 Å². The van der Waals surface area contributed by atoms with Gasteiger partial charge in [-0.15, -0.1) is 0 Å². The molecule has 0 bridgehead atoms. The van der Waals surface area contributed by atoms with Crippen LogP contribution in [0, 0.1) is 0 Å². The van der Waals surface area contributed by atoms with Gasteiger partial charge in [0.15, 0.2) is 0 Å². The zero-order valence-electron chi connectivity index (χ0n) is 10.7. The van der Waals surface area contributed by atoms with Gasteiger partial charge in [0, 0.05) is 12.2 Å². The summed E-state index contributed by atoms with van der Waals surface area (Å²) in [5, 5.41) is 15.4. The maximum Gasteiger partial charge on any atom is 0.319 e. The van der Waals surface area contributed by atoms with Crippen molar-refractivity contribution < 1.29 is 9.90 Å². The Bertz CT molecular complexity index is 428. The van der Waals surface area contributed by atoms with Crippen LogP contribution in [-0.2, 0) is 6.42 Å². The van der Waals surface area contributed by atoms with Crippen molar-refractivity contribution in [2.75, 3.05) is 11.9 Å². The predicted molar refractivity (Wildman–Crippen MR) is 71.6 cm³/mol. The highest BCUT2D eigenvalue weighted by molar-refractivity contribution is 5.90. The Kier molecular flexibility index (Phi) is 3.87. The van der Waals surface area contributed by atoms with Crippen molar-refractivity contribution in [2.24, 2.45) is 0 Å². The first kappa shape index (κ1) is 12.9. The van der Waals surface area contributed by atoms with Gasteiger partial charge in [-0.05, 0) is 37.3 Å². The highest BCUT2D eigenvalue weighted by atomic mass is 16.3. The molecule has 0 saturated heterocycles. The Morgan fingerprint density at radius 1 is 1.39 bits per heavy atom. The van der Waals surface area contributed by atoms with Crippen molar-refractivity contribution >= 4 is 11.7 Å². The van der Waals surface area contributed by atoms with Crippen LogP contribution in [0.4, 0.5) is 10.5 Å². The van der Waals surface area contributed by atoms with Crippen molar-refractivity contribution in [3.05, 3.63) is 29.8 Å². The van der Waals surface area contributed by atoms with Gasteiger partial charge in [-0.1, -0.05) is 25.1 Å². The van der Waals surface area contributed by atoms with Crippen LogP contribution in [-0.4, -0.2) is 23.3 Å². The summed E-state index contributed by atoms with van der Waals surface area (Å²) in [6.07, 6.45) is 3.47. The minimum atomic E-state index is -0.679. The fourth-order valence-electron chi connectivity index (χ4n) is 2.12. The van der Waals surface area contributed by atoms with E-state index in [9.17, 15) is 9.90 Å². The number of anilines is 1. The van der Waals surface area contributed by atoms with Crippen LogP contribution in [0.3, 0.4) is 0 Å². The maximum atomic E-state index is 11.7. The number of aryl methyl sites for hydroxylation is 1. The Morgan fingerprint density at radius 3 is 2.72 bits per heavy atom. The summed E-state index contributed by atoms with van der Waals surface area (Å²) in [7, 11) is 0. The Balaban J connectivity index is 1.86. The number of para-hydroxylation sites is 1. The molecule has 4 nitrogen and oxygen atoms in total. The second-order valence-electron chi connectivity index (χ2n) is 4.90. The van der Waals surface area contributed by atoms with Crippen LogP contribution in [0.1, 0.15) is 31.7 Å². The summed E-state index contributed by atoms with van der Waals surface area (Å²) in [5.74, 6) is 0. The van der Waals surface area contributed by atoms with E-state index in [4.69, 9.17) is 0 Å². The van der Waals surface area contributed by atoms with E-state index in [1.54, 1.807) is 0 Å². The van der Waals surface area contributed by atoms with Crippen LogP contribution in [0.25, 0.3) is 0 Å². The minimum absolute atomic E-state index is 0.253. The molecule has 1 aliphatic rings. The Hall–Kier alpha value is -1.55. The van der Waals surface area contributed by atoms with Gasteiger partial charge in [-0.25, -0.2) is 4.79 Å².